The van der Waals surface area contributed by atoms with Crippen LogP contribution in [0.25, 0.3) is 11.1 Å². The van der Waals surface area contributed by atoms with Crippen molar-refractivity contribution < 1.29 is 14.6 Å². The Labute approximate surface area is 161 Å². The van der Waals surface area contributed by atoms with Crippen molar-refractivity contribution in [1.82, 2.24) is 5.32 Å². The van der Waals surface area contributed by atoms with E-state index >= 15 is 0 Å². The molecule has 26 heavy (non-hydrogen) atoms. The fraction of sp³-hybridized carbons (Fsp3) is 0.381. The monoisotopic (exact) mass is 375 g/mol. The summed E-state index contributed by atoms with van der Waals surface area (Å²) in [5.74, 6) is 0.307. The molecule has 3 rings (SSSR count). The number of aliphatic hydroxyl groups is 1. The molecule has 0 radical (unpaired) electrons. The first-order chi connectivity index (χ1) is 12.1. The number of carbonyl (C=O) groups excluding carboxylic acids is 1. The summed E-state index contributed by atoms with van der Waals surface area (Å²) < 4.78 is 5.53. The van der Waals surface area contributed by atoms with Crippen molar-refractivity contribution in [2.24, 2.45) is 5.92 Å². The maximum absolute atomic E-state index is 12.2. The standard InChI is InChI=1S/C21H25NO3.ClH/c1-14(2)20(11-12-23)22-21(24)25-13-19-17-9-5-3-7-15(17)16-8-4-6-10-18(16)19;/h3-10,14,19-20,23H,11-13H2,1-2H3,(H,22,24);1H/t20-;/m0./s1. The third kappa shape index (κ3) is 4.19. The van der Waals surface area contributed by atoms with Gasteiger partial charge in [0, 0.05) is 18.6 Å². The fourth-order valence-electron chi connectivity index (χ4n) is 3.50. The molecule has 1 aliphatic rings. The molecule has 1 amide bonds. The molecular weight excluding hydrogens is 350 g/mol. The average Bonchev–Trinajstić information content (AvgIpc) is 2.93. The van der Waals surface area contributed by atoms with Crippen LogP contribution in [-0.2, 0) is 4.74 Å². The van der Waals surface area contributed by atoms with Gasteiger partial charge in [0.1, 0.15) is 6.61 Å². The van der Waals surface area contributed by atoms with Crippen LogP contribution >= 0.6 is 12.4 Å². The van der Waals surface area contributed by atoms with Gasteiger partial charge in [-0.15, -0.1) is 12.4 Å². The van der Waals surface area contributed by atoms with Crippen LogP contribution in [0.5, 0.6) is 0 Å². The van der Waals surface area contributed by atoms with Crippen LogP contribution in [0.2, 0.25) is 0 Å². The summed E-state index contributed by atoms with van der Waals surface area (Å²) in [7, 11) is 0. The summed E-state index contributed by atoms with van der Waals surface area (Å²) in [5, 5.41) is 12.0. The van der Waals surface area contributed by atoms with Crippen molar-refractivity contribution in [2.45, 2.75) is 32.2 Å². The molecule has 0 aliphatic heterocycles. The van der Waals surface area contributed by atoms with Crippen molar-refractivity contribution in [3.63, 3.8) is 0 Å². The van der Waals surface area contributed by atoms with Crippen LogP contribution < -0.4 is 5.32 Å². The van der Waals surface area contributed by atoms with E-state index in [-0.39, 0.29) is 36.9 Å². The van der Waals surface area contributed by atoms with Crippen molar-refractivity contribution in [2.75, 3.05) is 13.2 Å². The highest BCUT2D eigenvalue weighted by atomic mass is 35.5. The molecule has 0 heterocycles. The van der Waals surface area contributed by atoms with Crippen molar-refractivity contribution in [1.29, 1.82) is 0 Å². The average molecular weight is 376 g/mol. The first-order valence-corrected chi connectivity index (χ1v) is 8.84. The van der Waals surface area contributed by atoms with Gasteiger partial charge in [0.15, 0.2) is 0 Å². The molecule has 0 saturated carbocycles. The van der Waals surface area contributed by atoms with Gasteiger partial charge < -0.3 is 15.2 Å². The number of hydrogen-bond acceptors (Lipinski definition) is 3. The van der Waals surface area contributed by atoms with Gasteiger partial charge in [-0.05, 0) is 34.6 Å². The van der Waals surface area contributed by atoms with E-state index in [9.17, 15) is 4.79 Å². The first-order valence-electron chi connectivity index (χ1n) is 8.84. The Hall–Kier alpha value is -2.04. The van der Waals surface area contributed by atoms with E-state index in [1.807, 2.05) is 38.1 Å². The van der Waals surface area contributed by atoms with Crippen LogP contribution in [0.15, 0.2) is 48.5 Å². The molecule has 2 N–H and O–H groups in total. The number of nitrogens with one attached hydrogen (secondary N) is 1. The maximum atomic E-state index is 12.2. The van der Waals surface area contributed by atoms with Crippen molar-refractivity contribution in [3.8, 4) is 11.1 Å². The maximum Gasteiger partial charge on any atom is 0.407 e. The number of halogens is 1. The number of carbonyl (C=O) groups is 1. The second-order valence-electron chi connectivity index (χ2n) is 6.83. The molecule has 140 valence electrons. The highest BCUT2D eigenvalue weighted by molar-refractivity contribution is 5.85. The molecule has 0 fully saturated rings. The highest BCUT2D eigenvalue weighted by Crippen LogP contribution is 2.44. The number of fused-ring (bicyclic) bond motifs is 3. The second kappa shape index (κ2) is 9.06. The summed E-state index contributed by atoms with van der Waals surface area (Å²) >= 11 is 0. The molecule has 2 aromatic carbocycles. The van der Waals surface area contributed by atoms with Crippen LogP contribution in [0.4, 0.5) is 4.79 Å². The molecular formula is C21H26ClNO3. The van der Waals surface area contributed by atoms with E-state index in [0.29, 0.717) is 13.0 Å². The van der Waals surface area contributed by atoms with E-state index in [2.05, 4.69) is 29.6 Å². The zero-order chi connectivity index (χ0) is 17.8. The smallest absolute Gasteiger partial charge is 0.407 e. The quantitative estimate of drug-likeness (QED) is 0.788. The SMILES string of the molecule is CC(C)[C@H](CCO)NC(=O)OCC1c2ccccc2-c2ccccc21.Cl. The van der Waals surface area contributed by atoms with E-state index in [4.69, 9.17) is 9.84 Å². The minimum absolute atomic E-state index is 0. The summed E-state index contributed by atoms with van der Waals surface area (Å²) in [5.41, 5.74) is 4.83. The van der Waals surface area contributed by atoms with Gasteiger partial charge in [0.2, 0.25) is 0 Å². The van der Waals surface area contributed by atoms with Gasteiger partial charge in [0.25, 0.3) is 0 Å². The lowest BCUT2D eigenvalue weighted by Crippen LogP contribution is -2.39. The number of aliphatic hydroxyl groups excluding tert-OH is 1. The molecule has 5 heteroatoms. The Balaban J connectivity index is 0.00000243. The number of alkyl carbamates (subject to hydrolysis) is 1. The summed E-state index contributed by atoms with van der Waals surface area (Å²) in [4.78, 5) is 12.2. The summed E-state index contributed by atoms with van der Waals surface area (Å²) in [6.45, 7) is 4.39. The lowest BCUT2D eigenvalue weighted by Gasteiger charge is -2.22. The predicted octanol–water partition coefficient (Wildman–Crippen LogP) is 4.35. The lowest BCUT2D eigenvalue weighted by molar-refractivity contribution is 0.132. The third-order valence-corrected chi connectivity index (χ3v) is 4.89. The molecule has 0 unspecified atom stereocenters. The molecule has 0 saturated heterocycles. The minimum Gasteiger partial charge on any atom is -0.449 e. The molecule has 1 atom stereocenters. The van der Waals surface area contributed by atoms with E-state index in [0.717, 1.165) is 0 Å². The molecule has 0 spiro atoms. The molecule has 0 bridgehead atoms. The van der Waals surface area contributed by atoms with Gasteiger partial charge >= 0.3 is 6.09 Å². The third-order valence-electron chi connectivity index (χ3n) is 4.89. The van der Waals surface area contributed by atoms with Gasteiger partial charge in [-0.1, -0.05) is 62.4 Å². The van der Waals surface area contributed by atoms with Gasteiger partial charge in [-0.2, -0.15) is 0 Å². The van der Waals surface area contributed by atoms with Crippen LogP contribution in [0.3, 0.4) is 0 Å². The normalized spacial score (nSPS) is 13.5. The predicted molar refractivity (Wildman–Crippen MR) is 106 cm³/mol. The van der Waals surface area contributed by atoms with E-state index in [1.165, 1.54) is 22.3 Å². The van der Waals surface area contributed by atoms with Crippen LogP contribution in [0.1, 0.15) is 37.3 Å². The van der Waals surface area contributed by atoms with Gasteiger partial charge in [-0.3, -0.25) is 0 Å². The minimum atomic E-state index is -0.422. The molecule has 2 aromatic rings. The number of rotatable bonds is 6. The summed E-state index contributed by atoms with van der Waals surface area (Å²) in [6.07, 6.45) is 0.107. The fourth-order valence-corrected chi connectivity index (χ4v) is 3.50. The number of hydrogen-bond donors (Lipinski definition) is 2. The second-order valence-corrected chi connectivity index (χ2v) is 6.83. The Morgan fingerprint density at radius 1 is 1.08 bits per heavy atom. The first kappa shape index (κ1) is 20.3. The topological polar surface area (TPSA) is 58.6 Å². The van der Waals surface area contributed by atoms with Crippen molar-refractivity contribution in [3.05, 3.63) is 59.7 Å². The molecule has 4 nitrogen and oxygen atoms in total. The molecule has 0 aromatic heterocycles. The Morgan fingerprint density at radius 2 is 1.62 bits per heavy atom. The zero-order valence-electron chi connectivity index (χ0n) is 15.1. The van der Waals surface area contributed by atoms with E-state index in [1.54, 1.807) is 0 Å². The molecule has 1 aliphatic carbocycles. The number of benzene rings is 2. The van der Waals surface area contributed by atoms with Gasteiger partial charge in [-0.25, -0.2) is 4.79 Å². The lowest BCUT2D eigenvalue weighted by atomic mass is 9.98. The number of amides is 1. The van der Waals surface area contributed by atoms with E-state index < -0.39 is 6.09 Å². The summed E-state index contributed by atoms with van der Waals surface area (Å²) in [6, 6.07) is 16.5. The Morgan fingerprint density at radius 3 is 2.12 bits per heavy atom. The van der Waals surface area contributed by atoms with Crippen molar-refractivity contribution >= 4 is 18.5 Å². The Kier molecular flexibility index (Phi) is 7.06. The largest absolute Gasteiger partial charge is 0.449 e. The van der Waals surface area contributed by atoms with Crippen LogP contribution in [-0.4, -0.2) is 30.5 Å². The van der Waals surface area contributed by atoms with Gasteiger partial charge in [0.05, 0.1) is 0 Å². The number of ether oxygens (including phenoxy) is 1. The highest BCUT2D eigenvalue weighted by Gasteiger charge is 2.29. The zero-order valence-corrected chi connectivity index (χ0v) is 16.0. The Bertz CT molecular complexity index is 702. The van der Waals surface area contributed by atoms with Crippen LogP contribution in [0, 0.1) is 5.92 Å².